The summed E-state index contributed by atoms with van der Waals surface area (Å²) < 4.78 is 142. The van der Waals surface area contributed by atoms with Gasteiger partial charge >= 0.3 is 5.97 Å². The number of carboxylic acid groups (broad SMARTS) is 1. The Labute approximate surface area is 338 Å². The second-order valence-corrected chi connectivity index (χ2v) is 20.9. The van der Waals surface area contributed by atoms with Crippen molar-refractivity contribution in [1.82, 2.24) is 0 Å². The minimum Gasteiger partial charge on any atom is -0.748 e. The van der Waals surface area contributed by atoms with Crippen LogP contribution in [0.1, 0.15) is 83.8 Å². The number of hydrogen-bond donors (Lipinski definition) is 4. The number of allylic oxidation sites excluding steroid dienone is 4. The Balaban J connectivity index is 1.73. The second-order valence-electron chi connectivity index (χ2n) is 15.2. The van der Waals surface area contributed by atoms with Gasteiger partial charge in [-0.2, -0.15) is 29.8 Å². The first-order valence-electron chi connectivity index (χ1n) is 18.4. The Bertz CT molecular complexity index is 2720. The second kappa shape index (κ2) is 16.2. The molecule has 0 saturated carbocycles. The lowest BCUT2D eigenvalue weighted by molar-refractivity contribution is -0.438. The molecule has 3 aromatic rings. The number of hydrogen-bond acceptors (Lipinski definition) is 11. The highest BCUT2D eigenvalue weighted by Crippen LogP contribution is 2.53. The van der Waals surface area contributed by atoms with E-state index in [-0.39, 0.29) is 35.1 Å². The minimum atomic E-state index is -4.99. The number of benzene rings is 3. The molecule has 0 amide bonds. The molecule has 1 atom stereocenters. The maximum absolute atomic E-state index is 12.7. The Morgan fingerprint density at radius 2 is 1.50 bits per heavy atom. The quantitative estimate of drug-likeness (QED) is 0.0735. The zero-order valence-corrected chi connectivity index (χ0v) is 35.5. The predicted molar refractivity (Wildman–Crippen MR) is 215 cm³/mol. The lowest BCUT2D eigenvalue weighted by atomic mass is 9.77. The summed E-state index contributed by atoms with van der Waals surface area (Å²) >= 11 is 0. The third kappa shape index (κ3) is 9.08. The van der Waals surface area contributed by atoms with Crippen LogP contribution >= 0.6 is 0 Å². The molecule has 2 aliphatic heterocycles. The van der Waals surface area contributed by atoms with Crippen LogP contribution in [0.4, 0.5) is 11.4 Å². The summed E-state index contributed by atoms with van der Waals surface area (Å²) in [6.07, 6.45) is 7.49. The van der Waals surface area contributed by atoms with Gasteiger partial charge in [0.1, 0.15) is 16.3 Å². The van der Waals surface area contributed by atoms with Crippen LogP contribution in [0.2, 0.25) is 0 Å². The molecule has 0 bridgehead atoms. The molecule has 4 N–H and O–H groups in total. The van der Waals surface area contributed by atoms with Crippen molar-refractivity contribution < 1.29 is 66.4 Å². The molecule has 0 fully saturated rings. The number of unbranched alkanes of at least 4 members (excludes halogenated alkanes) is 2. The smallest absolute Gasteiger partial charge is 0.303 e. The van der Waals surface area contributed by atoms with Crippen molar-refractivity contribution in [3.05, 3.63) is 77.5 Å². The summed E-state index contributed by atoms with van der Waals surface area (Å²) in [5, 5.41) is 9.29. The SMILES string of the molecule is CCCC1(C)/C(=C\C=C\C2=[N+](CCCCCC(=O)O)c3ccc4c(S(=O)(=O)O)cc(S(=O)(=O)O)cc4c3C2(C)C)N(CCCS(=O)(=O)[O-])c2cccc(S(=O)(=O)O)c21. The number of fused-ring (bicyclic) bond motifs is 4. The molecular weight excluding hydrogens is 837 g/mol. The molecule has 16 nitrogen and oxygen atoms in total. The summed E-state index contributed by atoms with van der Waals surface area (Å²) in [6, 6.07) is 9.26. The van der Waals surface area contributed by atoms with Gasteiger partial charge in [-0.05, 0) is 88.2 Å². The summed E-state index contributed by atoms with van der Waals surface area (Å²) in [6.45, 7) is 7.69. The minimum absolute atomic E-state index is 0.0000849. The van der Waals surface area contributed by atoms with Gasteiger partial charge in [0.2, 0.25) is 5.69 Å². The van der Waals surface area contributed by atoms with E-state index in [0.29, 0.717) is 78.6 Å². The number of rotatable bonds is 17. The van der Waals surface area contributed by atoms with Gasteiger partial charge in [0.05, 0.1) is 20.4 Å². The fourth-order valence-electron chi connectivity index (χ4n) is 8.43. The first-order valence-corrected chi connectivity index (χ1v) is 24.3. The van der Waals surface area contributed by atoms with Gasteiger partial charge in [0, 0.05) is 70.6 Å². The highest BCUT2D eigenvalue weighted by Gasteiger charge is 2.48. The maximum Gasteiger partial charge on any atom is 0.303 e. The van der Waals surface area contributed by atoms with Crippen LogP contribution in [0.15, 0.2) is 81.1 Å². The van der Waals surface area contributed by atoms with Gasteiger partial charge in [-0.1, -0.05) is 25.5 Å². The molecule has 316 valence electrons. The molecule has 58 heavy (non-hydrogen) atoms. The van der Waals surface area contributed by atoms with Gasteiger partial charge in [0.25, 0.3) is 30.4 Å². The number of nitrogens with zero attached hydrogens (tertiary/aromatic N) is 2. The van der Waals surface area contributed by atoms with Gasteiger partial charge in [0.15, 0.2) is 5.71 Å². The Morgan fingerprint density at radius 3 is 2.09 bits per heavy atom. The number of aliphatic carboxylic acids is 1. The average molecular weight is 883 g/mol. The van der Waals surface area contributed by atoms with Gasteiger partial charge in [-0.15, -0.1) is 0 Å². The zero-order valence-electron chi connectivity index (χ0n) is 32.2. The van der Waals surface area contributed by atoms with E-state index in [1.807, 2.05) is 32.3 Å². The van der Waals surface area contributed by atoms with Crippen LogP contribution in [0, 0.1) is 0 Å². The van der Waals surface area contributed by atoms with Crippen molar-refractivity contribution >= 4 is 74.3 Å². The van der Waals surface area contributed by atoms with E-state index in [1.54, 1.807) is 35.3 Å². The Kier molecular flexibility index (Phi) is 12.6. The zero-order chi connectivity index (χ0) is 43.2. The number of carbonyl (C=O) groups is 1. The molecule has 5 rings (SSSR count). The third-order valence-corrected chi connectivity index (χ3v) is 14.2. The highest BCUT2D eigenvalue weighted by atomic mass is 32.2. The molecule has 3 aromatic carbocycles. The Morgan fingerprint density at radius 1 is 0.828 bits per heavy atom. The summed E-state index contributed by atoms with van der Waals surface area (Å²) in [4.78, 5) is 11.1. The molecule has 0 spiro atoms. The van der Waals surface area contributed by atoms with Crippen molar-refractivity contribution in [2.24, 2.45) is 0 Å². The van der Waals surface area contributed by atoms with Crippen molar-refractivity contribution in [1.29, 1.82) is 0 Å². The van der Waals surface area contributed by atoms with E-state index in [4.69, 9.17) is 5.11 Å². The molecule has 0 aromatic heterocycles. The Hall–Kier alpha value is -4.02. The summed E-state index contributed by atoms with van der Waals surface area (Å²) in [7, 11) is -19.3. The van der Waals surface area contributed by atoms with Gasteiger partial charge in [-0.3, -0.25) is 18.5 Å². The fourth-order valence-corrected chi connectivity index (χ4v) is 11.1. The van der Waals surface area contributed by atoms with E-state index in [9.17, 15) is 56.7 Å². The summed E-state index contributed by atoms with van der Waals surface area (Å²) in [5.41, 5.74) is 0.873. The van der Waals surface area contributed by atoms with Crippen molar-refractivity contribution in [2.45, 2.75) is 98.2 Å². The topological polar surface area (TPSA) is 264 Å². The monoisotopic (exact) mass is 882 g/mol. The molecular formula is C38H46N2O14S4. The van der Waals surface area contributed by atoms with Crippen LogP contribution in [0.25, 0.3) is 10.8 Å². The lowest BCUT2D eigenvalue weighted by Gasteiger charge is -2.30. The maximum atomic E-state index is 12.7. The van der Waals surface area contributed by atoms with Gasteiger partial charge < -0.3 is 14.6 Å². The van der Waals surface area contributed by atoms with Crippen LogP contribution in [0.5, 0.6) is 0 Å². The predicted octanol–water partition coefficient (Wildman–Crippen LogP) is 5.55. The van der Waals surface area contributed by atoms with E-state index in [0.717, 1.165) is 6.07 Å². The molecule has 20 heteroatoms. The van der Waals surface area contributed by atoms with E-state index >= 15 is 0 Å². The molecule has 2 heterocycles. The van der Waals surface area contributed by atoms with Crippen LogP contribution in [-0.2, 0) is 56.1 Å². The first-order chi connectivity index (χ1) is 26.7. The molecule has 0 saturated heterocycles. The van der Waals surface area contributed by atoms with Crippen LogP contribution < -0.4 is 4.90 Å². The first kappa shape index (κ1) is 45.1. The van der Waals surface area contributed by atoms with E-state index in [2.05, 4.69) is 0 Å². The van der Waals surface area contributed by atoms with Gasteiger partial charge in [-0.25, -0.2) is 8.42 Å². The largest absolute Gasteiger partial charge is 0.748 e. The summed E-state index contributed by atoms with van der Waals surface area (Å²) in [5.74, 6) is -1.62. The lowest BCUT2D eigenvalue weighted by Crippen LogP contribution is -2.30. The molecule has 2 aliphatic rings. The molecule has 0 radical (unpaired) electrons. The van der Waals surface area contributed by atoms with E-state index < -0.39 is 72.8 Å². The number of carboxylic acids is 1. The molecule has 1 unspecified atom stereocenters. The normalized spacial score (nSPS) is 19.1. The third-order valence-electron chi connectivity index (χ3n) is 10.8. The fraction of sp³-hybridized carbons (Fsp3) is 0.421. The highest BCUT2D eigenvalue weighted by molar-refractivity contribution is 7.87. The van der Waals surface area contributed by atoms with E-state index in [1.165, 1.54) is 18.2 Å². The van der Waals surface area contributed by atoms with Crippen molar-refractivity contribution in [3.8, 4) is 0 Å². The van der Waals surface area contributed by atoms with Crippen molar-refractivity contribution in [2.75, 3.05) is 23.7 Å². The van der Waals surface area contributed by atoms with Crippen molar-refractivity contribution in [3.63, 3.8) is 0 Å². The van der Waals surface area contributed by atoms with Crippen LogP contribution in [0.3, 0.4) is 0 Å². The number of anilines is 1. The molecule has 0 aliphatic carbocycles. The van der Waals surface area contributed by atoms with Crippen LogP contribution in [-0.4, -0.2) is 92.1 Å². The standard InChI is InChI=1S/C38H46N2O14S4/c1-5-19-38(4)33(40(21-11-22-55(43,44)45)28-12-9-13-30(36(28)38)57(49,50)51)15-10-14-32-37(2,3)35-27-23-25(56(46,47)48)24-31(58(52,53)54)26(27)17-18-29(35)39(32)20-8-6-7-16-34(41)42/h9-10,12-15,17-18,23-24H,5-8,11,16,19-22H2,1-4H3,(H4-,41,42,43,44,45,46,47,48,49,50,51,52,53,54). The average Bonchev–Trinajstić information content (AvgIpc) is 3.45.